The molecular formula is C11H22N2O. The molecule has 1 fully saturated rings. The van der Waals surface area contributed by atoms with Gasteiger partial charge in [0.25, 0.3) is 0 Å². The monoisotopic (exact) mass is 198 g/mol. The number of carbonyl (C=O) groups is 1. The maximum atomic E-state index is 11.8. The van der Waals surface area contributed by atoms with Gasteiger partial charge in [0.15, 0.2) is 0 Å². The molecule has 1 rings (SSSR count). The first-order chi connectivity index (χ1) is 6.69. The van der Waals surface area contributed by atoms with Crippen molar-refractivity contribution >= 4 is 5.91 Å². The second-order valence-electron chi connectivity index (χ2n) is 4.35. The van der Waals surface area contributed by atoms with Crippen molar-refractivity contribution in [1.29, 1.82) is 0 Å². The smallest absolute Gasteiger partial charge is 0.223 e. The van der Waals surface area contributed by atoms with Crippen molar-refractivity contribution in [2.24, 2.45) is 17.6 Å². The van der Waals surface area contributed by atoms with Gasteiger partial charge in [-0.2, -0.15) is 0 Å². The maximum absolute atomic E-state index is 11.8. The standard InChI is InChI=1S/C11H22N2O/c1-3-8(2)13-11(14)10-6-4-5-9(10)7-12/h8-10H,3-7,12H2,1-2H3,(H,13,14). The van der Waals surface area contributed by atoms with E-state index in [1.165, 1.54) is 0 Å². The molecule has 3 nitrogen and oxygen atoms in total. The van der Waals surface area contributed by atoms with E-state index in [0.29, 0.717) is 18.5 Å². The van der Waals surface area contributed by atoms with E-state index in [1.807, 2.05) is 6.92 Å². The van der Waals surface area contributed by atoms with E-state index < -0.39 is 0 Å². The van der Waals surface area contributed by atoms with E-state index in [1.54, 1.807) is 0 Å². The molecule has 3 unspecified atom stereocenters. The Kier molecular flexibility index (Phi) is 4.39. The lowest BCUT2D eigenvalue weighted by atomic mass is 9.95. The van der Waals surface area contributed by atoms with Crippen LogP contribution in [0, 0.1) is 11.8 Å². The van der Waals surface area contributed by atoms with Gasteiger partial charge in [0.2, 0.25) is 5.91 Å². The summed E-state index contributed by atoms with van der Waals surface area (Å²) in [6.07, 6.45) is 4.28. The van der Waals surface area contributed by atoms with Crippen LogP contribution in [-0.4, -0.2) is 18.5 Å². The molecule has 0 saturated heterocycles. The molecule has 3 N–H and O–H groups in total. The highest BCUT2D eigenvalue weighted by Crippen LogP contribution is 2.30. The fraction of sp³-hybridized carbons (Fsp3) is 0.909. The Hall–Kier alpha value is -0.570. The molecule has 0 aromatic heterocycles. The molecule has 1 saturated carbocycles. The quantitative estimate of drug-likeness (QED) is 0.715. The highest BCUT2D eigenvalue weighted by Gasteiger charge is 2.31. The molecule has 0 aromatic rings. The van der Waals surface area contributed by atoms with Crippen molar-refractivity contribution in [3.8, 4) is 0 Å². The first-order valence-corrected chi connectivity index (χ1v) is 5.69. The highest BCUT2D eigenvalue weighted by atomic mass is 16.1. The summed E-state index contributed by atoms with van der Waals surface area (Å²) in [6.45, 7) is 4.78. The zero-order valence-corrected chi connectivity index (χ0v) is 9.25. The van der Waals surface area contributed by atoms with Gasteiger partial charge in [0.1, 0.15) is 0 Å². The predicted octanol–water partition coefficient (Wildman–Crippen LogP) is 1.28. The number of amides is 1. The van der Waals surface area contributed by atoms with Gasteiger partial charge in [-0.05, 0) is 38.6 Å². The van der Waals surface area contributed by atoms with Crippen LogP contribution in [0.5, 0.6) is 0 Å². The molecular weight excluding hydrogens is 176 g/mol. The predicted molar refractivity (Wildman–Crippen MR) is 57.8 cm³/mol. The van der Waals surface area contributed by atoms with Crippen LogP contribution in [0.25, 0.3) is 0 Å². The molecule has 0 bridgehead atoms. The van der Waals surface area contributed by atoms with Crippen LogP contribution in [0.3, 0.4) is 0 Å². The number of nitrogens with two attached hydrogens (primary N) is 1. The molecule has 82 valence electrons. The molecule has 0 aromatic carbocycles. The van der Waals surface area contributed by atoms with E-state index in [9.17, 15) is 4.79 Å². The normalized spacial score (nSPS) is 28.8. The van der Waals surface area contributed by atoms with E-state index in [4.69, 9.17) is 5.73 Å². The van der Waals surface area contributed by atoms with Gasteiger partial charge < -0.3 is 11.1 Å². The molecule has 0 spiro atoms. The van der Waals surface area contributed by atoms with E-state index in [2.05, 4.69) is 12.2 Å². The third-order valence-electron chi connectivity index (χ3n) is 3.30. The van der Waals surface area contributed by atoms with Crippen molar-refractivity contribution in [3.05, 3.63) is 0 Å². The number of hydrogen-bond acceptors (Lipinski definition) is 2. The molecule has 0 radical (unpaired) electrons. The van der Waals surface area contributed by atoms with Crippen molar-refractivity contribution in [1.82, 2.24) is 5.32 Å². The van der Waals surface area contributed by atoms with Gasteiger partial charge in [-0.3, -0.25) is 4.79 Å². The molecule has 14 heavy (non-hydrogen) atoms. The topological polar surface area (TPSA) is 55.1 Å². The van der Waals surface area contributed by atoms with Crippen molar-refractivity contribution in [3.63, 3.8) is 0 Å². The fourth-order valence-electron chi connectivity index (χ4n) is 2.12. The third-order valence-corrected chi connectivity index (χ3v) is 3.30. The van der Waals surface area contributed by atoms with Crippen molar-refractivity contribution in [2.75, 3.05) is 6.54 Å². The molecule has 1 aliphatic rings. The average molecular weight is 198 g/mol. The number of rotatable bonds is 4. The second-order valence-corrected chi connectivity index (χ2v) is 4.35. The summed E-state index contributed by atoms with van der Waals surface area (Å²) in [5, 5.41) is 3.04. The second kappa shape index (κ2) is 5.35. The van der Waals surface area contributed by atoms with E-state index in [-0.39, 0.29) is 11.8 Å². The molecule has 1 aliphatic carbocycles. The average Bonchev–Trinajstić information content (AvgIpc) is 2.65. The van der Waals surface area contributed by atoms with Crippen LogP contribution >= 0.6 is 0 Å². The van der Waals surface area contributed by atoms with Gasteiger partial charge in [0.05, 0.1) is 0 Å². The van der Waals surface area contributed by atoms with Gasteiger partial charge in [-0.15, -0.1) is 0 Å². The molecule has 1 amide bonds. The van der Waals surface area contributed by atoms with Gasteiger partial charge >= 0.3 is 0 Å². The first-order valence-electron chi connectivity index (χ1n) is 5.69. The highest BCUT2D eigenvalue weighted by molar-refractivity contribution is 5.79. The third kappa shape index (κ3) is 2.71. The zero-order valence-electron chi connectivity index (χ0n) is 9.25. The van der Waals surface area contributed by atoms with Gasteiger partial charge in [0, 0.05) is 12.0 Å². The lowest BCUT2D eigenvalue weighted by Crippen LogP contribution is -2.39. The summed E-state index contributed by atoms with van der Waals surface area (Å²) in [5.74, 6) is 0.806. The maximum Gasteiger partial charge on any atom is 0.223 e. The first kappa shape index (κ1) is 11.5. The minimum absolute atomic E-state index is 0.175. The van der Waals surface area contributed by atoms with Crippen LogP contribution < -0.4 is 11.1 Å². The Balaban J connectivity index is 2.43. The minimum atomic E-state index is 0.175. The van der Waals surface area contributed by atoms with Crippen LogP contribution in [0.15, 0.2) is 0 Å². The van der Waals surface area contributed by atoms with Crippen molar-refractivity contribution < 1.29 is 4.79 Å². The lowest BCUT2D eigenvalue weighted by molar-refractivity contribution is -0.126. The Morgan fingerprint density at radius 3 is 2.86 bits per heavy atom. The van der Waals surface area contributed by atoms with E-state index >= 15 is 0 Å². The molecule has 0 aliphatic heterocycles. The van der Waals surface area contributed by atoms with Crippen molar-refractivity contribution in [2.45, 2.75) is 45.6 Å². The Morgan fingerprint density at radius 1 is 1.57 bits per heavy atom. The summed E-state index contributed by atoms with van der Waals surface area (Å²) < 4.78 is 0. The van der Waals surface area contributed by atoms with Crippen LogP contribution in [0.1, 0.15) is 39.5 Å². The number of hydrogen-bond donors (Lipinski definition) is 2. The SMILES string of the molecule is CCC(C)NC(=O)C1CCCC1CN. The molecule has 3 heteroatoms. The Labute approximate surface area is 86.4 Å². The summed E-state index contributed by atoms with van der Waals surface area (Å²) in [7, 11) is 0. The summed E-state index contributed by atoms with van der Waals surface area (Å²) in [4.78, 5) is 11.8. The summed E-state index contributed by atoms with van der Waals surface area (Å²) >= 11 is 0. The van der Waals surface area contributed by atoms with Gasteiger partial charge in [-0.1, -0.05) is 13.3 Å². The Bertz CT molecular complexity index is 194. The largest absolute Gasteiger partial charge is 0.353 e. The van der Waals surface area contributed by atoms with E-state index in [0.717, 1.165) is 25.7 Å². The molecule has 3 atom stereocenters. The fourth-order valence-corrected chi connectivity index (χ4v) is 2.12. The summed E-state index contributed by atoms with van der Waals surface area (Å²) in [5.41, 5.74) is 5.65. The van der Waals surface area contributed by atoms with Crippen LogP contribution in [0.2, 0.25) is 0 Å². The van der Waals surface area contributed by atoms with Gasteiger partial charge in [-0.25, -0.2) is 0 Å². The molecule has 0 heterocycles. The minimum Gasteiger partial charge on any atom is -0.353 e. The van der Waals surface area contributed by atoms with Crippen LogP contribution in [-0.2, 0) is 4.79 Å². The lowest BCUT2D eigenvalue weighted by Gasteiger charge is -2.20. The zero-order chi connectivity index (χ0) is 10.6. The number of nitrogens with one attached hydrogen (secondary N) is 1. The summed E-state index contributed by atoms with van der Waals surface area (Å²) in [6, 6.07) is 0.293. The Morgan fingerprint density at radius 2 is 2.29 bits per heavy atom. The number of carbonyl (C=O) groups excluding carboxylic acids is 1. The van der Waals surface area contributed by atoms with Crippen LogP contribution in [0.4, 0.5) is 0 Å².